The Balaban J connectivity index is -0.000000516. The predicted octanol–water partition coefficient (Wildman–Crippen LogP) is 4.44. The summed E-state index contributed by atoms with van der Waals surface area (Å²) in [6.07, 6.45) is 3.21. The Hall–Kier alpha value is -1.15. The summed E-state index contributed by atoms with van der Waals surface area (Å²) in [5, 5.41) is 0. The Labute approximate surface area is 190 Å². The zero-order valence-corrected chi connectivity index (χ0v) is 21.1. The van der Waals surface area contributed by atoms with Crippen LogP contribution in [0.5, 0.6) is 0 Å². The molecule has 0 amide bonds. The molecule has 0 aromatic heterocycles. The molecule has 0 N–H and O–H groups in total. The minimum atomic E-state index is 0.0988. The normalized spacial score (nSPS) is 10.9. The van der Waals surface area contributed by atoms with Crippen LogP contribution in [0.1, 0.15) is 80.6 Å². The monoisotopic (exact) mass is 448 g/mol. The standard InChI is InChI=1S/C13H26O5.C9H16O2.C2H6/c1-3-5-15-7-9-17-11-12-18-10-8-16-6-4-13(2)14;1-4-7(2)9(11)6-5-8(3)10;1-2/h3-12H2,1-2H3;7H,4-6H2,1-3H3;1-2H3. The van der Waals surface area contributed by atoms with Crippen molar-refractivity contribution >= 4 is 17.3 Å². The van der Waals surface area contributed by atoms with Gasteiger partial charge in [0.15, 0.2) is 0 Å². The summed E-state index contributed by atoms with van der Waals surface area (Å²) in [6, 6.07) is 0. The fourth-order valence-corrected chi connectivity index (χ4v) is 1.90. The third-order valence-corrected chi connectivity index (χ3v) is 3.95. The van der Waals surface area contributed by atoms with Crippen molar-refractivity contribution in [2.75, 3.05) is 52.9 Å². The Bertz CT molecular complexity index is 411. The van der Waals surface area contributed by atoms with Crippen LogP contribution >= 0.6 is 0 Å². The molecule has 1 unspecified atom stereocenters. The first-order valence-corrected chi connectivity index (χ1v) is 11.7. The second kappa shape index (κ2) is 28.9. The summed E-state index contributed by atoms with van der Waals surface area (Å²) in [4.78, 5) is 32.2. The van der Waals surface area contributed by atoms with Crippen molar-refractivity contribution in [2.45, 2.75) is 80.6 Å². The molecule has 0 aromatic rings. The summed E-state index contributed by atoms with van der Waals surface area (Å²) in [6.45, 7) is 17.7. The number of hydrogen-bond acceptors (Lipinski definition) is 7. The highest BCUT2D eigenvalue weighted by atomic mass is 16.6. The fraction of sp³-hybridized carbons (Fsp3) is 0.875. The van der Waals surface area contributed by atoms with Gasteiger partial charge in [0.05, 0.1) is 46.2 Å². The zero-order valence-electron chi connectivity index (χ0n) is 21.1. The largest absolute Gasteiger partial charge is 0.379 e. The van der Waals surface area contributed by atoms with Crippen LogP contribution in [0.15, 0.2) is 0 Å². The topological polar surface area (TPSA) is 88.1 Å². The average Bonchev–Trinajstić information content (AvgIpc) is 2.76. The van der Waals surface area contributed by atoms with Gasteiger partial charge in [-0.1, -0.05) is 34.6 Å². The SMILES string of the molecule is CC.CCC(C)C(=O)CCC(C)=O.CCCOCCOCCOCCOCCC(C)=O. The molecule has 31 heavy (non-hydrogen) atoms. The van der Waals surface area contributed by atoms with E-state index < -0.39 is 0 Å². The van der Waals surface area contributed by atoms with Gasteiger partial charge in [-0.25, -0.2) is 0 Å². The van der Waals surface area contributed by atoms with E-state index in [1.165, 1.54) is 6.92 Å². The number of carbonyl (C=O) groups is 3. The molecule has 0 fully saturated rings. The third-order valence-electron chi connectivity index (χ3n) is 3.95. The number of carbonyl (C=O) groups excluding carboxylic acids is 3. The third kappa shape index (κ3) is 33.7. The highest BCUT2D eigenvalue weighted by molar-refractivity contribution is 5.85. The van der Waals surface area contributed by atoms with Gasteiger partial charge >= 0.3 is 0 Å². The second-order valence-corrected chi connectivity index (χ2v) is 6.88. The summed E-state index contributed by atoms with van der Waals surface area (Å²) < 4.78 is 21.1. The van der Waals surface area contributed by atoms with Gasteiger partial charge in [0.1, 0.15) is 17.3 Å². The summed E-state index contributed by atoms with van der Waals surface area (Å²) in [5.74, 6) is 0.577. The first kappa shape index (κ1) is 34.5. The maximum absolute atomic E-state index is 11.1. The quantitative estimate of drug-likeness (QED) is 0.270. The first-order chi connectivity index (χ1) is 14.8. The van der Waals surface area contributed by atoms with E-state index in [0.29, 0.717) is 65.5 Å². The van der Waals surface area contributed by atoms with Crippen molar-refractivity contribution in [3.63, 3.8) is 0 Å². The molecule has 0 radical (unpaired) electrons. The van der Waals surface area contributed by atoms with Crippen molar-refractivity contribution in [1.82, 2.24) is 0 Å². The lowest BCUT2D eigenvalue weighted by Crippen LogP contribution is -2.12. The Morgan fingerprint density at radius 1 is 0.613 bits per heavy atom. The van der Waals surface area contributed by atoms with Crippen LogP contribution in [0.25, 0.3) is 0 Å². The molecule has 186 valence electrons. The van der Waals surface area contributed by atoms with Crippen molar-refractivity contribution in [2.24, 2.45) is 5.92 Å². The number of ketones is 3. The Morgan fingerprint density at radius 2 is 1.00 bits per heavy atom. The lowest BCUT2D eigenvalue weighted by Gasteiger charge is -2.06. The summed E-state index contributed by atoms with van der Waals surface area (Å²) in [7, 11) is 0. The van der Waals surface area contributed by atoms with Crippen LogP contribution in [0.3, 0.4) is 0 Å². The number of Topliss-reactive ketones (excluding diaryl/α,β-unsaturated/α-hetero) is 3. The molecule has 0 aliphatic carbocycles. The molecule has 0 spiro atoms. The molecule has 0 aliphatic rings. The highest BCUT2D eigenvalue weighted by Gasteiger charge is 2.10. The van der Waals surface area contributed by atoms with E-state index >= 15 is 0 Å². The Morgan fingerprint density at radius 3 is 1.35 bits per heavy atom. The van der Waals surface area contributed by atoms with Crippen LogP contribution in [0.4, 0.5) is 0 Å². The van der Waals surface area contributed by atoms with Gasteiger partial charge in [-0.2, -0.15) is 0 Å². The van der Waals surface area contributed by atoms with Gasteiger partial charge in [0, 0.05) is 31.8 Å². The van der Waals surface area contributed by atoms with Crippen molar-refractivity contribution in [3.05, 3.63) is 0 Å². The molecule has 0 heterocycles. The summed E-state index contributed by atoms with van der Waals surface area (Å²) in [5.41, 5.74) is 0. The second-order valence-electron chi connectivity index (χ2n) is 6.88. The van der Waals surface area contributed by atoms with Crippen molar-refractivity contribution in [3.8, 4) is 0 Å². The minimum Gasteiger partial charge on any atom is -0.379 e. The lowest BCUT2D eigenvalue weighted by molar-refractivity contribution is -0.125. The smallest absolute Gasteiger partial charge is 0.136 e. The van der Waals surface area contributed by atoms with Gasteiger partial charge in [-0.15, -0.1) is 0 Å². The van der Waals surface area contributed by atoms with Gasteiger partial charge in [0.25, 0.3) is 0 Å². The van der Waals surface area contributed by atoms with E-state index in [2.05, 4.69) is 6.92 Å². The lowest BCUT2D eigenvalue weighted by atomic mass is 9.99. The van der Waals surface area contributed by atoms with Crippen LogP contribution in [-0.4, -0.2) is 70.2 Å². The summed E-state index contributed by atoms with van der Waals surface area (Å²) >= 11 is 0. The van der Waals surface area contributed by atoms with E-state index in [4.69, 9.17) is 18.9 Å². The van der Waals surface area contributed by atoms with Gasteiger partial charge < -0.3 is 23.7 Å². The van der Waals surface area contributed by atoms with E-state index in [0.717, 1.165) is 19.4 Å². The van der Waals surface area contributed by atoms with Crippen LogP contribution in [0, 0.1) is 5.92 Å². The zero-order chi connectivity index (χ0) is 24.3. The molecule has 0 rings (SSSR count). The fourth-order valence-electron chi connectivity index (χ4n) is 1.90. The number of ether oxygens (including phenoxy) is 4. The van der Waals surface area contributed by atoms with Gasteiger partial charge in [-0.05, 0) is 26.7 Å². The van der Waals surface area contributed by atoms with E-state index in [9.17, 15) is 14.4 Å². The molecule has 0 saturated carbocycles. The van der Waals surface area contributed by atoms with E-state index in [-0.39, 0.29) is 23.3 Å². The molecular formula is C24H48O7. The molecule has 0 saturated heterocycles. The average molecular weight is 449 g/mol. The molecule has 1 atom stereocenters. The minimum absolute atomic E-state index is 0.0988. The molecular weight excluding hydrogens is 400 g/mol. The molecule has 0 bridgehead atoms. The van der Waals surface area contributed by atoms with E-state index in [1.54, 1.807) is 6.92 Å². The number of rotatable bonds is 19. The maximum atomic E-state index is 11.1. The van der Waals surface area contributed by atoms with Crippen LogP contribution in [0.2, 0.25) is 0 Å². The van der Waals surface area contributed by atoms with Gasteiger partial charge in [0.2, 0.25) is 0 Å². The van der Waals surface area contributed by atoms with Crippen LogP contribution < -0.4 is 0 Å². The van der Waals surface area contributed by atoms with Gasteiger partial charge in [-0.3, -0.25) is 9.59 Å². The molecule has 0 aliphatic heterocycles. The number of hydrogen-bond donors (Lipinski definition) is 0. The highest BCUT2D eigenvalue weighted by Crippen LogP contribution is 2.06. The van der Waals surface area contributed by atoms with Crippen molar-refractivity contribution < 1.29 is 33.3 Å². The van der Waals surface area contributed by atoms with Crippen molar-refractivity contribution in [1.29, 1.82) is 0 Å². The first-order valence-electron chi connectivity index (χ1n) is 11.7. The maximum Gasteiger partial charge on any atom is 0.136 e. The van der Waals surface area contributed by atoms with E-state index in [1.807, 2.05) is 27.7 Å². The van der Waals surface area contributed by atoms with Crippen LogP contribution in [-0.2, 0) is 33.3 Å². The molecule has 0 aromatic carbocycles. The Kier molecular flexibility index (Phi) is 32.1. The molecule has 7 heteroatoms. The molecule has 7 nitrogen and oxygen atoms in total. The predicted molar refractivity (Wildman–Crippen MR) is 125 cm³/mol.